The molecule has 1 heterocycles. The lowest BCUT2D eigenvalue weighted by Crippen LogP contribution is -2.39. The van der Waals surface area contributed by atoms with Gasteiger partial charge in [-0.25, -0.2) is 0 Å². The maximum absolute atomic E-state index is 12.5. The Morgan fingerprint density at radius 3 is 2.39 bits per heavy atom. The molecule has 2 nitrogen and oxygen atoms in total. The monoisotopic (exact) mass is 267 g/mol. The fourth-order valence-electron chi connectivity index (χ4n) is 2.60. The first kappa shape index (κ1) is 15.2. The van der Waals surface area contributed by atoms with E-state index in [1.54, 1.807) is 0 Å². The third-order valence-electron chi connectivity index (χ3n) is 3.50. The molecule has 3 heteroatoms. The molecule has 0 aromatic heterocycles. The molecule has 100 valence electrons. The zero-order chi connectivity index (χ0) is 12.1. The Bertz CT molecular complexity index is 360. The Labute approximate surface area is 116 Å². The van der Waals surface area contributed by atoms with Crippen LogP contribution in [0.4, 0.5) is 0 Å². The summed E-state index contributed by atoms with van der Waals surface area (Å²) in [5.74, 6) is 0.300. The summed E-state index contributed by atoms with van der Waals surface area (Å²) in [6.45, 7) is 4.33. The van der Waals surface area contributed by atoms with Gasteiger partial charge in [0.05, 0.1) is 6.04 Å². The second-order valence-corrected chi connectivity index (χ2v) is 4.78. The van der Waals surface area contributed by atoms with Gasteiger partial charge < -0.3 is 0 Å². The van der Waals surface area contributed by atoms with Crippen molar-refractivity contribution in [3.8, 4) is 0 Å². The van der Waals surface area contributed by atoms with Gasteiger partial charge in [-0.15, -0.1) is 12.4 Å². The highest BCUT2D eigenvalue weighted by Crippen LogP contribution is 2.19. The Hall–Kier alpha value is -0.860. The van der Waals surface area contributed by atoms with Crippen molar-refractivity contribution in [2.24, 2.45) is 0 Å². The number of carbonyl (C=O) groups is 1. The van der Waals surface area contributed by atoms with E-state index < -0.39 is 0 Å². The summed E-state index contributed by atoms with van der Waals surface area (Å²) >= 11 is 0. The maximum atomic E-state index is 12.5. The van der Waals surface area contributed by atoms with Gasteiger partial charge in [0.1, 0.15) is 0 Å². The number of hydrogen-bond acceptors (Lipinski definition) is 2. The number of halogens is 1. The number of Topliss-reactive ketones (excluding diaryl/α,β-unsaturated/α-hetero) is 1. The molecule has 1 aliphatic heterocycles. The van der Waals surface area contributed by atoms with Crippen LogP contribution < -0.4 is 0 Å². The van der Waals surface area contributed by atoms with E-state index in [1.165, 1.54) is 12.8 Å². The van der Waals surface area contributed by atoms with Crippen LogP contribution in [0.25, 0.3) is 0 Å². The van der Waals surface area contributed by atoms with E-state index in [4.69, 9.17) is 0 Å². The predicted molar refractivity (Wildman–Crippen MR) is 77.5 cm³/mol. The van der Waals surface area contributed by atoms with E-state index >= 15 is 0 Å². The van der Waals surface area contributed by atoms with Crippen molar-refractivity contribution in [3.05, 3.63) is 35.9 Å². The minimum atomic E-state index is 0. The van der Waals surface area contributed by atoms with Crippen molar-refractivity contribution < 1.29 is 4.79 Å². The van der Waals surface area contributed by atoms with Crippen LogP contribution in [0.5, 0.6) is 0 Å². The highest BCUT2D eigenvalue weighted by atomic mass is 35.5. The first-order chi connectivity index (χ1) is 8.33. The zero-order valence-electron chi connectivity index (χ0n) is 11.0. The number of hydrogen-bond donors (Lipinski definition) is 0. The molecule has 1 saturated heterocycles. The number of likely N-dealkylation sites (tertiary alicyclic amines) is 1. The first-order valence-corrected chi connectivity index (χ1v) is 6.66. The molecule has 1 aliphatic rings. The Morgan fingerprint density at radius 1 is 1.22 bits per heavy atom. The van der Waals surface area contributed by atoms with Crippen LogP contribution >= 0.6 is 12.4 Å². The molecule has 0 aliphatic carbocycles. The summed E-state index contributed by atoms with van der Waals surface area (Å²) in [7, 11) is 0. The average molecular weight is 268 g/mol. The average Bonchev–Trinajstić information content (AvgIpc) is 2.90. The Morgan fingerprint density at radius 2 is 1.83 bits per heavy atom. The SMILES string of the molecule is CCC[C@H](C(=O)c1ccccc1)N1CCCC1.Cl. The molecule has 1 aromatic rings. The molecule has 0 saturated carbocycles. The number of carbonyl (C=O) groups excluding carboxylic acids is 1. The predicted octanol–water partition coefficient (Wildman–Crippen LogP) is 3.56. The summed E-state index contributed by atoms with van der Waals surface area (Å²) in [6, 6.07) is 9.81. The summed E-state index contributed by atoms with van der Waals surface area (Å²) in [4.78, 5) is 14.8. The van der Waals surface area contributed by atoms with Crippen LogP contribution in [0.1, 0.15) is 43.0 Å². The third kappa shape index (κ3) is 3.56. The van der Waals surface area contributed by atoms with Gasteiger partial charge >= 0.3 is 0 Å². The van der Waals surface area contributed by atoms with E-state index in [1.807, 2.05) is 30.3 Å². The minimum Gasteiger partial charge on any atom is -0.293 e. The highest BCUT2D eigenvalue weighted by Gasteiger charge is 2.27. The van der Waals surface area contributed by atoms with Crippen LogP contribution in [0.3, 0.4) is 0 Å². The molecule has 1 atom stereocenters. The molecule has 0 amide bonds. The van der Waals surface area contributed by atoms with Gasteiger partial charge in [-0.3, -0.25) is 9.69 Å². The normalized spacial score (nSPS) is 17.2. The van der Waals surface area contributed by atoms with Crippen molar-refractivity contribution in [2.45, 2.75) is 38.6 Å². The molecule has 0 radical (unpaired) electrons. The molecule has 0 N–H and O–H groups in total. The largest absolute Gasteiger partial charge is 0.293 e. The van der Waals surface area contributed by atoms with E-state index in [2.05, 4.69) is 11.8 Å². The van der Waals surface area contributed by atoms with Gasteiger partial charge in [0.2, 0.25) is 0 Å². The number of rotatable bonds is 5. The summed E-state index contributed by atoms with van der Waals surface area (Å²) in [6.07, 6.45) is 4.53. The molecule has 0 bridgehead atoms. The van der Waals surface area contributed by atoms with Crippen LogP contribution in [-0.4, -0.2) is 29.8 Å². The van der Waals surface area contributed by atoms with E-state index in [0.29, 0.717) is 5.78 Å². The molecule has 0 spiro atoms. The fraction of sp³-hybridized carbons (Fsp3) is 0.533. The van der Waals surface area contributed by atoms with Crippen molar-refractivity contribution >= 4 is 18.2 Å². The molecule has 2 rings (SSSR count). The Kier molecular flexibility index (Phi) is 6.37. The van der Waals surface area contributed by atoms with Crippen molar-refractivity contribution in [2.75, 3.05) is 13.1 Å². The summed E-state index contributed by atoms with van der Waals surface area (Å²) in [5.41, 5.74) is 0.859. The van der Waals surface area contributed by atoms with Gasteiger partial charge in [0, 0.05) is 5.56 Å². The molecule has 1 fully saturated rings. The lowest BCUT2D eigenvalue weighted by atomic mass is 9.99. The summed E-state index contributed by atoms with van der Waals surface area (Å²) < 4.78 is 0. The van der Waals surface area contributed by atoms with Crippen LogP contribution in [-0.2, 0) is 0 Å². The van der Waals surface area contributed by atoms with Crippen molar-refractivity contribution in [1.82, 2.24) is 4.90 Å². The zero-order valence-corrected chi connectivity index (χ0v) is 11.8. The number of benzene rings is 1. The minimum absolute atomic E-state index is 0. The molecular weight excluding hydrogens is 246 g/mol. The van der Waals surface area contributed by atoms with Crippen LogP contribution in [0.2, 0.25) is 0 Å². The molecule has 1 aromatic carbocycles. The quantitative estimate of drug-likeness (QED) is 0.761. The lowest BCUT2D eigenvalue weighted by Gasteiger charge is -2.26. The molecule has 18 heavy (non-hydrogen) atoms. The van der Waals surface area contributed by atoms with Crippen molar-refractivity contribution in [1.29, 1.82) is 0 Å². The smallest absolute Gasteiger partial charge is 0.179 e. The second kappa shape index (κ2) is 7.55. The fourth-order valence-corrected chi connectivity index (χ4v) is 2.60. The topological polar surface area (TPSA) is 20.3 Å². The number of ketones is 1. The van der Waals surface area contributed by atoms with Gasteiger partial charge in [-0.1, -0.05) is 43.7 Å². The summed E-state index contributed by atoms with van der Waals surface area (Å²) in [5, 5.41) is 0. The standard InChI is InChI=1S/C15H21NO.ClH/c1-2-8-14(16-11-6-7-12-16)15(17)13-9-4-3-5-10-13;/h3-5,9-10,14H,2,6-8,11-12H2,1H3;1H/t14-;/m1./s1. The third-order valence-corrected chi connectivity index (χ3v) is 3.50. The van der Waals surface area contributed by atoms with Gasteiger partial charge in [0.15, 0.2) is 5.78 Å². The maximum Gasteiger partial charge on any atom is 0.179 e. The van der Waals surface area contributed by atoms with Crippen LogP contribution in [0.15, 0.2) is 30.3 Å². The molecule has 0 unspecified atom stereocenters. The number of nitrogens with zero attached hydrogens (tertiary/aromatic N) is 1. The Balaban J connectivity index is 0.00000162. The van der Waals surface area contributed by atoms with Crippen molar-refractivity contribution in [3.63, 3.8) is 0 Å². The van der Waals surface area contributed by atoms with E-state index in [0.717, 1.165) is 31.5 Å². The van der Waals surface area contributed by atoms with Crippen LogP contribution in [0, 0.1) is 0 Å². The van der Waals surface area contributed by atoms with Gasteiger partial charge in [0.25, 0.3) is 0 Å². The van der Waals surface area contributed by atoms with Gasteiger partial charge in [-0.05, 0) is 32.4 Å². The van der Waals surface area contributed by atoms with Gasteiger partial charge in [-0.2, -0.15) is 0 Å². The first-order valence-electron chi connectivity index (χ1n) is 6.66. The second-order valence-electron chi connectivity index (χ2n) is 4.78. The van der Waals surface area contributed by atoms with E-state index in [9.17, 15) is 4.79 Å². The molecular formula is C15H22ClNO. The lowest BCUT2D eigenvalue weighted by molar-refractivity contribution is 0.0837. The highest BCUT2D eigenvalue weighted by molar-refractivity contribution is 6.00. The van der Waals surface area contributed by atoms with E-state index in [-0.39, 0.29) is 18.4 Å².